The Hall–Kier alpha value is -3.72. The van der Waals surface area contributed by atoms with Gasteiger partial charge in [-0.25, -0.2) is 0 Å². The van der Waals surface area contributed by atoms with E-state index in [9.17, 15) is 0 Å². The number of pyridine rings is 2. The fraction of sp³-hybridized carbons (Fsp3) is 0. The van der Waals surface area contributed by atoms with Crippen LogP contribution in [0.15, 0.2) is 104 Å². The first-order chi connectivity index (χ1) is 13.4. The zero-order chi connectivity index (χ0) is 18.1. The van der Waals surface area contributed by atoms with Crippen molar-refractivity contribution in [2.45, 2.75) is 0 Å². The van der Waals surface area contributed by atoms with Crippen LogP contribution in [0.25, 0.3) is 38.8 Å². The second kappa shape index (κ2) is 6.54. The molecular weight excluding hydrogens is 330 g/mol. The van der Waals surface area contributed by atoms with Crippen LogP contribution >= 0.6 is 0 Å². The summed E-state index contributed by atoms with van der Waals surface area (Å²) in [4.78, 5) is 8.26. The molecule has 0 fully saturated rings. The molecule has 3 heterocycles. The molecule has 0 amide bonds. The third-order valence-electron chi connectivity index (χ3n) is 4.84. The molecule has 0 aliphatic heterocycles. The van der Waals surface area contributed by atoms with E-state index in [1.807, 2.05) is 49.1 Å². The zero-order valence-corrected chi connectivity index (χ0v) is 14.7. The molecule has 3 heteroatoms. The topological polar surface area (TPSA) is 30.7 Å². The van der Waals surface area contributed by atoms with E-state index in [1.54, 1.807) is 0 Å². The Morgan fingerprint density at radius 3 is 2.11 bits per heavy atom. The molecule has 0 aliphatic rings. The Bertz CT molecular complexity index is 1210. The number of nitrogens with zero attached hydrogens (tertiary/aromatic N) is 3. The molecule has 0 atom stereocenters. The van der Waals surface area contributed by atoms with Gasteiger partial charge in [0.15, 0.2) is 0 Å². The summed E-state index contributed by atoms with van der Waals surface area (Å²) < 4.78 is 2.23. The summed E-state index contributed by atoms with van der Waals surface area (Å²) in [5.41, 5.74) is 7.08. The standard InChI is InChI=1S/C24H17N3/c1-2-7-24-22(6-1)23(17-27(24)21-10-14-26-15-11-21)20-5-3-4-19(16-20)18-8-12-25-13-9-18/h1-17H. The van der Waals surface area contributed by atoms with Crippen molar-refractivity contribution in [2.24, 2.45) is 0 Å². The van der Waals surface area contributed by atoms with Crippen LogP contribution in [0.2, 0.25) is 0 Å². The fourth-order valence-electron chi connectivity index (χ4n) is 3.54. The summed E-state index contributed by atoms with van der Waals surface area (Å²) in [6.07, 6.45) is 9.53. The van der Waals surface area contributed by atoms with E-state index >= 15 is 0 Å². The fourth-order valence-corrected chi connectivity index (χ4v) is 3.54. The summed E-state index contributed by atoms with van der Waals surface area (Å²) >= 11 is 0. The average molecular weight is 347 g/mol. The first-order valence-electron chi connectivity index (χ1n) is 8.91. The number of hydrogen-bond donors (Lipinski definition) is 0. The van der Waals surface area contributed by atoms with Gasteiger partial charge in [0, 0.05) is 47.6 Å². The average Bonchev–Trinajstić information content (AvgIpc) is 3.15. The van der Waals surface area contributed by atoms with Crippen molar-refractivity contribution in [3.63, 3.8) is 0 Å². The van der Waals surface area contributed by atoms with Crippen molar-refractivity contribution in [1.29, 1.82) is 0 Å². The van der Waals surface area contributed by atoms with Crippen LogP contribution in [0.4, 0.5) is 0 Å². The van der Waals surface area contributed by atoms with Crippen LogP contribution in [0.1, 0.15) is 0 Å². The molecule has 0 spiro atoms. The molecule has 0 N–H and O–H groups in total. The predicted molar refractivity (Wildman–Crippen MR) is 110 cm³/mol. The normalized spacial score (nSPS) is 11.0. The molecule has 3 nitrogen and oxygen atoms in total. The quantitative estimate of drug-likeness (QED) is 0.416. The van der Waals surface area contributed by atoms with Crippen LogP contribution in [0.5, 0.6) is 0 Å². The third-order valence-corrected chi connectivity index (χ3v) is 4.84. The molecule has 0 saturated carbocycles. The van der Waals surface area contributed by atoms with E-state index in [4.69, 9.17) is 0 Å². The highest BCUT2D eigenvalue weighted by Crippen LogP contribution is 2.34. The van der Waals surface area contributed by atoms with Gasteiger partial charge in [-0.2, -0.15) is 0 Å². The number of hydrogen-bond acceptors (Lipinski definition) is 2. The Balaban J connectivity index is 1.71. The van der Waals surface area contributed by atoms with E-state index in [1.165, 1.54) is 33.2 Å². The lowest BCUT2D eigenvalue weighted by Gasteiger charge is -2.05. The minimum atomic E-state index is 1.11. The largest absolute Gasteiger partial charge is 0.316 e. The Kier molecular flexibility index (Phi) is 3.76. The highest BCUT2D eigenvalue weighted by Gasteiger charge is 2.12. The van der Waals surface area contributed by atoms with Crippen LogP contribution in [-0.4, -0.2) is 14.5 Å². The van der Waals surface area contributed by atoms with Gasteiger partial charge in [-0.1, -0.05) is 36.4 Å². The highest BCUT2D eigenvalue weighted by molar-refractivity contribution is 5.97. The third kappa shape index (κ3) is 2.79. The molecular formula is C24H17N3. The molecule has 2 aromatic carbocycles. The molecule has 3 aromatic heterocycles. The van der Waals surface area contributed by atoms with Gasteiger partial charge in [-0.3, -0.25) is 9.97 Å². The minimum absolute atomic E-state index is 1.11. The van der Waals surface area contributed by atoms with Crippen LogP contribution in [0, 0.1) is 0 Å². The zero-order valence-electron chi connectivity index (χ0n) is 14.7. The van der Waals surface area contributed by atoms with Gasteiger partial charge in [-0.05, 0) is 53.1 Å². The first-order valence-corrected chi connectivity index (χ1v) is 8.91. The number of fused-ring (bicyclic) bond motifs is 1. The lowest BCUT2D eigenvalue weighted by atomic mass is 9.99. The molecule has 0 bridgehead atoms. The van der Waals surface area contributed by atoms with Crippen molar-refractivity contribution >= 4 is 10.9 Å². The van der Waals surface area contributed by atoms with Gasteiger partial charge in [0.2, 0.25) is 0 Å². The summed E-state index contributed by atoms with van der Waals surface area (Å²) in [6.45, 7) is 0. The van der Waals surface area contributed by atoms with Gasteiger partial charge < -0.3 is 4.57 Å². The second-order valence-corrected chi connectivity index (χ2v) is 6.45. The van der Waals surface area contributed by atoms with Crippen LogP contribution in [0.3, 0.4) is 0 Å². The number of aromatic nitrogens is 3. The summed E-state index contributed by atoms with van der Waals surface area (Å²) in [5.74, 6) is 0. The van der Waals surface area contributed by atoms with Crippen molar-refractivity contribution in [3.8, 4) is 27.9 Å². The Labute approximate surface area is 157 Å². The lowest BCUT2D eigenvalue weighted by molar-refractivity contribution is 1.11. The van der Waals surface area contributed by atoms with E-state index in [0.29, 0.717) is 0 Å². The van der Waals surface area contributed by atoms with Gasteiger partial charge in [0.05, 0.1) is 5.52 Å². The maximum Gasteiger partial charge on any atom is 0.0534 e. The Morgan fingerprint density at radius 2 is 1.30 bits per heavy atom. The van der Waals surface area contributed by atoms with Crippen molar-refractivity contribution < 1.29 is 0 Å². The number of para-hydroxylation sites is 1. The van der Waals surface area contributed by atoms with Crippen molar-refractivity contribution in [2.75, 3.05) is 0 Å². The Morgan fingerprint density at radius 1 is 0.593 bits per heavy atom. The smallest absolute Gasteiger partial charge is 0.0534 e. The predicted octanol–water partition coefficient (Wildman–Crippen LogP) is 5.75. The van der Waals surface area contributed by atoms with Gasteiger partial charge in [0.25, 0.3) is 0 Å². The molecule has 5 rings (SSSR count). The van der Waals surface area contributed by atoms with E-state index in [-0.39, 0.29) is 0 Å². The summed E-state index contributed by atoms with van der Waals surface area (Å²) in [6, 6.07) is 25.3. The lowest BCUT2D eigenvalue weighted by Crippen LogP contribution is -1.91. The van der Waals surface area contributed by atoms with Gasteiger partial charge in [0.1, 0.15) is 0 Å². The SMILES string of the molecule is c1cc(-c2ccncc2)cc(-c2cn(-c3ccncc3)c3ccccc23)c1. The van der Waals surface area contributed by atoms with E-state index in [2.05, 4.69) is 69.3 Å². The van der Waals surface area contributed by atoms with E-state index in [0.717, 1.165) is 5.69 Å². The monoisotopic (exact) mass is 347 g/mol. The highest BCUT2D eigenvalue weighted by atomic mass is 15.0. The van der Waals surface area contributed by atoms with Crippen LogP contribution in [-0.2, 0) is 0 Å². The van der Waals surface area contributed by atoms with Crippen LogP contribution < -0.4 is 0 Å². The summed E-state index contributed by atoms with van der Waals surface area (Å²) in [5, 5.41) is 1.24. The number of benzene rings is 2. The molecule has 27 heavy (non-hydrogen) atoms. The second-order valence-electron chi connectivity index (χ2n) is 6.45. The summed E-state index contributed by atoms with van der Waals surface area (Å²) in [7, 11) is 0. The molecule has 0 radical (unpaired) electrons. The van der Waals surface area contributed by atoms with Gasteiger partial charge >= 0.3 is 0 Å². The first kappa shape index (κ1) is 15.5. The maximum absolute atomic E-state index is 4.14. The number of rotatable bonds is 3. The molecule has 0 aliphatic carbocycles. The molecule has 128 valence electrons. The molecule has 5 aromatic rings. The molecule has 0 unspecified atom stereocenters. The molecule has 0 saturated heterocycles. The van der Waals surface area contributed by atoms with Crippen molar-refractivity contribution in [1.82, 2.24) is 14.5 Å². The minimum Gasteiger partial charge on any atom is -0.316 e. The van der Waals surface area contributed by atoms with E-state index < -0.39 is 0 Å². The van der Waals surface area contributed by atoms with Crippen molar-refractivity contribution in [3.05, 3.63) is 104 Å². The van der Waals surface area contributed by atoms with Gasteiger partial charge in [-0.15, -0.1) is 0 Å². The maximum atomic E-state index is 4.14.